The van der Waals surface area contributed by atoms with Gasteiger partial charge in [0, 0.05) is 23.3 Å². The van der Waals surface area contributed by atoms with Crippen molar-refractivity contribution in [2.24, 2.45) is 5.84 Å². The number of likely N-dealkylation sites (tertiary alicyclic amines) is 1. The van der Waals surface area contributed by atoms with Crippen LogP contribution in [0.5, 0.6) is 0 Å². The molecule has 1 fully saturated rings. The van der Waals surface area contributed by atoms with Gasteiger partial charge in [0.2, 0.25) is 0 Å². The summed E-state index contributed by atoms with van der Waals surface area (Å²) in [5.41, 5.74) is 4.10. The maximum Gasteiger partial charge on any atom is 0.254 e. The van der Waals surface area contributed by atoms with Crippen molar-refractivity contribution in [2.45, 2.75) is 58.5 Å². The summed E-state index contributed by atoms with van der Waals surface area (Å²) in [7, 11) is 0. The van der Waals surface area contributed by atoms with Gasteiger partial charge in [0.15, 0.2) is 0 Å². The molecule has 2 heterocycles. The van der Waals surface area contributed by atoms with E-state index in [0.717, 1.165) is 31.4 Å². The number of hydrogen-bond donors (Lipinski definition) is 2. The number of hydrazine groups is 1. The van der Waals surface area contributed by atoms with Crippen molar-refractivity contribution in [2.75, 3.05) is 5.43 Å². The number of nitrogens with zero attached hydrogens (tertiary/aromatic N) is 2. The predicted molar refractivity (Wildman–Crippen MR) is 80.4 cm³/mol. The minimum Gasteiger partial charge on any atom is -0.333 e. The van der Waals surface area contributed by atoms with Gasteiger partial charge < -0.3 is 10.3 Å². The van der Waals surface area contributed by atoms with E-state index in [1.165, 1.54) is 0 Å². The molecule has 20 heavy (non-hydrogen) atoms. The fourth-order valence-electron chi connectivity index (χ4n) is 2.95. The molecular weight excluding hydrogens is 252 g/mol. The molecule has 0 saturated carbocycles. The molecule has 2 rings (SSSR count). The van der Waals surface area contributed by atoms with E-state index in [1.54, 1.807) is 6.07 Å². The van der Waals surface area contributed by atoms with Gasteiger partial charge in [-0.05, 0) is 44.7 Å². The molecule has 0 radical (unpaired) electrons. The van der Waals surface area contributed by atoms with E-state index in [0.29, 0.717) is 23.5 Å². The van der Waals surface area contributed by atoms with Crippen LogP contribution in [0.4, 0.5) is 5.82 Å². The maximum atomic E-state index is 12.8. The summed E-state index contributed by atoms with van der Waals surface area (Å²) in [4.78, 5) is 19.1. The third-order valence-electron chi connectivity index (χ3n) is 4.13. The Labute approximate surface area is 120 Å². The lowest BCUT2D eigenvalue weighted by Gasteiger charge is -2.28. The molecule has 0 aliphatic carbocycles. The van der Waals surface area contributed by atoms with Crippen LogP contribution in [0.15, 0.2) is 12.1 Å². The molecule has 1 saturated heterocycles. The Morgan fingerprint density at radius 3 is 2.80 bits per heavy atom. The molecule has 2 unspecified atom stereocenters. The topological polar surface area (TPSA) is 71.2 Å². The van der Waals surface area contributed by atoms with Crippen LogP contribution < -0.4 is 11.3 Å². The van der Waals surface area contributed by atoms with Crippen molar-refractivity contribution < 1.29 is 4.79 Å². The lowest BCUT2D eigenvalue weighted by Crippen LogP contribution is -2.39. The Bertz CT molecular complexity index is 467. The zero-order valence-electron chi connectivity index (χ0n) is 12.5. The van der Waals surface area contributed by atoms with Crippen LogP contribution in [0, 0.1) is 0 Å². The number of aryl methyl sites for hydroxylation is 1. The minimum absolute atomic E-state index is 0.0930. The predicted octanol–water partition coefficient (Wildman–Crippen LogP) is 2.33. The molecule has 0 bridgehead atoms. The summed E-state index contributed by atoms with van der Waals surface area (Å²) in [6.07, 6.45) is 3.96. The summed E-state index contributed by atoms with van der Waals surface area (Å²) in [5, 5.41) is 0. The molecule has 5 nitrogen and oxygen atoms in total. The highest BCUT2D eigenvalue weighted by Crippen LogP contribution is 2.28. The van der Waals surface area contributed by atoms with Crippen LogP contribution in [0.25, 0.3) is 0 Å². The van der Waals surface area contributed by atoms with Gasteiger partial charge in [-0.25, -0.2) is 10.8 Å². The molecule has 1 amide bonds. The number of pyridine rings is 1. The van der Waals surface area contributed by atoms with Gasteiger partial charge in [0.1, 0.15) is 5.82 Å². The first kappa shape index (κ1) is 14.8. The van der Waals surface area contributed by atoms with Gasteiger partial charge >= 0.3 is 0 Å². The number of carbonyl (C=O) groups excluding carboxylic acids is 1. The van der Waals surface area contributed by atoms with Crippen LogP contribution in [0.2, 0.25) is 0 Å². The van der Waals surface area contributed by atoms with Gasteiger partial charge in [-0.3, -0.25) is 4.79 Å². The molecule has 0 spiro atoms. The molecule has 1 aromatic rings. The second-order valence-electron chi connectivity index (χ2n) is 5.43. The van der Waals surface area contributed by atoms with E-state index in [1.807, 2.05) is 17.9 Å². The van der Waals surface area contributed by atoms with Crippen molar-refractivity contribution in [3.05, 3.63) is 23.4 Å². The van der Waals surface area contributed by atoms with Crippen LogP contribution in [0.3, 0.4) is 0 Å². The molecular formula is C15H24N4O. The largest absolute Gasteiger partial charge is 0.333 e. The van der Waals surface area contributed by atoms with E-state index < -0.39 is 0 Å². The van der Waals surface area contributed by atoms with E-state index in [-0.39, 0.29) is 5.91 Å². The highest BCUT2D eigenvalue weighted by molar-refractivity contribution is 5.95. The quantitative estimate of drug-likeness (QED) is 0.654. The average Bonchev–Trinajstić information content (AvgIpc) is 2.86. The number of amides is 1. The van der Waals surface area contributed by atoms with Crippen molar-refractivity contribution in [1.82, 2.24) is 9.88 Å². The van der Waals surface area contributed by atoms with Gasteiger partial charge in [-0.1, -0.05) is 13.8 Å². The lowest BCUT2D eigenvalue weighted by atomic mass is 10.1. The van der Waals surface area contributed by atoms with Gasteiger partial charge in [-0.2, -0.15) is 0 Å². The molecule has 1 aliphatic rings. The molecule has 110 valence electrons. The van der Waals surface area contributed by atoms with Crippen molar-refractivity contribution in [3.8, 4) is 0 Å². The number of hydrogen-bond acceptors (Lipinski definition) is 4. The van der Waals surface area contributed by atoms with Crippen LogP contribution in [0.1, 0.15) is 56.1 Å². The molecule has 2 atom stereocenters. The molecule has 1 aromatic heterocycles. The number of nitrogens with two attached hydrogens (primary N) is 1. The van der Waals surface area contributed by atoms with E-state index >= 15 is 0 Å². The molecule has 3 N–H and O–H groups in total. The Kier molecular flexibility index (Phi) is 4.60. The number of aromatic nitrogens is 1. The van der Waals surface area contributed by atoms with Crippen LogP contribution in [-0.2, 0) is 6.42 Å². The van der Waals surface area contributed by atoms with E-state index in [4.69, 9.17) is 5.84 Å². The molecule has 1 aliphatic heterocycles. The standard InChI is InChI=1S/C15H24N4O/c1-4-12-8-11(9-14(17-12)18-16)15(20)19-10(3)6-7-13(19)5-2/h8-10,13H,4-7,16H2,1-3H3,(H,17,18). The Morgan fingerprint density at radius 2 is 2.20 bits per heavy atom. The van der Waals surface area contributed by atoms with Gasteiger partial charge in [-0.15, -0.1) is 0 Å². The van der Waals surface area contributed by atoms with E-state index in [2.05, 4.69) is 24.3 Å². The fraction of sp³-hybridized carbons (Fsp3) is 0.600. The first-order chi connectivity index (χ1) is 9.60. The fourth-order valence-corrected chi connectivity index (χ4v) is 2.95. The molecule has 0 aromatic carbocycles. The van der Waals surface area contributed by atoms with E-state index in [9.17, 15) is 4.79 Å². The van der Waals surface area contributed by atoms with Crippen LogP contribution in [-0.4, -0.2) is 27.9 Å². The molecule has 5 heteroatoms. The number of carbonyl (C=O) groups is 1. The Hall–Kier alpha value is -1.62. The maximum absolute atomic E-state index is 12.8. The second kappa shape index (κ2) is 6.22. The third kappa shape index (κ3) is 2.77. The van der Waals surface area contributed by atoms with Crippen molar-refractivity contribution in [1.29, 1.82) is 0 Å². The third-order valence-corrected chi connectivity index (χ3v) is 4.13. The van der Waals surface area contributed by atoms with Crippen molar-refractivity contribution >= 4 is 11.7 Å². The number of anilines is 1. The summed E-state index contributed by atoms with van der Waals surface area (Å²) in [5.74, 6) is 6.08. The zero-order chi connectivity index (χ0) is 14.7. The minimum atomic E-state index is 0.0930. The smallest absolute Gasteiger partial charge is 0.254 e. The number of nitrogens with one attached hydrogen (secondary N) is 1. The van der Waals surface area contributed by atoms with Crippen molar-refractivity contribution in [3.63, 3.8) is 0 Å². The zero-order valence-corrected chi connectivity index (χ0v) is 12.5. The summed E-state index contributed by atoms with van der Waals surface area (Å²) in [6, 6.07) is 4.27. The summed E-state index contributed by atoms with van der Waals surface area (Å²) in [6.45, 7) is 6.28. The lowest BCUT2D eigenvalue weighted by molar-refractivity contribution is 0.0676. The SMILES string of the molecule is CCc1cc(C(=O)N2C(C)CCC2CC)cc(NN)n1. The van der Waals surface area contributed by atoms with Gasteiger partial charge in [0.05, 0.1) is 0 Å². The highest BCUT2D eigenvalue weighted by atomic mass is 16.2. The number of rotatable bonds is 4. The summed E-state index contributed by atoms with van der Waals surface area (Å²) < 4.78 is 0. The van der Waals surface area contributed by atoms with Gasteiger partial charge in [0.25, 0.3) is 5.91 Å². The first-order valence-corrected chi connectivity index (χ1v) is 7.40. The first-order valence-electron chi connectivity index (χ1n) is 7.40. The second-order valence-corrected chi connectivity index (χ2v) is 5.43. The number of nitrogen functional groups attached to an aromatic ring is 1. The van der Waals surface area contributed by atoms with Crippen LogP contribution >= 0.6 is 0 Å². The monoisotopic (exact) mass is 276 g/mol. The Balaban J connectivity index is 2.32. The normalized spacial score (nSPS) is 22.1. The Morgan fingerprint density at radius 1 is 1.45 bits per heavy atom. The summed E-state index contributed by atoms with van der Waals surface area (Å²) >= 11 is 0. The average molecular weight is 276 g/mol. The highest BCUT2D eigenvalue weighted by Gasteiger charge is 2.33.